The summed E-state index contributed by atoms with van der Waals surface area (Å²) in [7, 11) is 0. The zero-order valence-corrected chi connectivity index (χ0v) is 17.7. The van der Waals surface area contributed by atoms with Crippen LogP contribution in [-0.4, -0.2) is 49.8 Å². The number of rotatable bonds is 3. The Bertz CT molecular complexity index is 1030. The van der Waals surface area contributed by atoms with Gasteiger partial charge in [-0.15, -0.1) is 0 Å². The van der Waals surface area contributed by atoms with E-state index >= 15 is 0 Å². The summed E-state index contributed by atoms with van der Waals surface area (Å²) in [6, 6.07) is 4.08. The van der Waals surface area contributed by atoms with Crippen molar-refractivity contribution in [3.63, 3.8) is 0 Å². The zero-order valence-electron chi connectivity index (χ0n) is 17.0. The van der Waals surface area contributed by atoms with E-state index in [1.165, 1.54) is 4.90 Å². The second-order valence-corrected chi connectivity index (χ2v) is 9.00. The lowest BCUT2D eigenvalue weighted by Crippen LogP contribution is -2.38. The molecule has 2 aromatic rings. The van der Waals surface area contributed by atoms with Crippen LogP contribution in [0.25, 0.3) is 0 Å². The maximum atomic E-state index is 13.3. The molecule has 30 heavy (non-hydrogen) atoms. The minimum Gasteiger partial charge on any atom is -0.465 e. The first kappa shape index (κ1) is 19.4. The van der Waals surface area contributed by atoms with E-state index in [-0.39, 0.29) is 11.9 Å². The second-order valence-electron chi connectivity index (χ2n) is 8.56. The van der Waals surface area contributed by atoms with E-state index in [2.05, 4.69) is 5.10 Å². The fourth-order valence-electron chi connectivity index (χ4n) is 4.94. The van der Waals surface area contributed by atoms with Crippen LogP contribution in [0.15, 0.2) is 18.3 Å². The average molecular weight is 429 g/mol. The number of aromatic nitrogens is 2. The van der Waals surface area contributed by atoms with E-state index in [4.69, 9.17) is 11.6 Å². The predicted molar refractivity (Wildman–Crippen MR) is 112 cm³/mol. The monoisotopic (exact) mass is 428 g/mol. The molecule has 2 fully saturated rings. The van der Waals surface area contributed by atoms with Gasteiger partial charge in [0.25, 0.3) is 5.91 Å². The molecule has 0 spiro atoms. The molecule has 2 amide bonds. The molecule has 3 aliphatic rings. The number of benzene rings is 1. The minimum atomic E-state index is -0.905. The van der Waals surface area contributed by atoms with Crippen LogP contribution in [0.1, 0.15) is 70.5 Å². The Hall–Kier alpha value is -2.54. The van der Waals surface area contributed by atoms with Gasteiger partial charge in [0.1, 0.15) is 0 Å². The molecular formula is C22H25ClN4O3. The minimum absolute atomic E-state index is 0.00698. The normalized spacial score (nSPS) is 21.1. The number of carboxylic acid groups (broad SMARTS) is 1. The van der Waals surface area contributed by atoms with Crippen molar-refractivity contribution in [2.24, 2.45) is 0 Å². The van der Waals surface area contributed by atoms with Crippen molar-refractivity contribution in [2.45, 2.75) is 57.7 Å². The smallest absolute Gasteiger partial charge is 0.407 e. The lowest BCUT2D eigenvalue weighted by molar-refractivity contribution is 0.0731. The molecule has 5 rings (SSSR count). The van der Waals surface area contributed by atoms with Crippen LogP contribution in [0.5, 0.6) is 0 Å². The van der Waals surface area contributed by atoms with Crippen LogP contribution in [0.4, 0.5) is 4.79 Å². The quantitative estimate of drug-likeness (QED) is 0.794. The number of carbonyl (C=O) groups excluding carboxylic acids is 1. The fourth-order valence-corrected chi connectivity index (χ4v) is 5.19. The van der Waals surface area contributed by atoms with Crippen molar-refractivity contribution < 1.29 is 14.7 Å². The number of likely N-dealkylation sites (tertiary alicyclic amines) is 1. The lowest BCUT2D eigenvalue weighted by Gasteiger charge is -2.33. The molecule has 158 valence electrons. The van der Waals surface area contributed by atoms with Gasteiger partial charge in [-0.25, -0.2) is 4.79 Å². The summed E-state index contributed by atoms with van der Waals surface area (Å²) >= 11 is 6.38. The van der Waals surface area contributed by atoms with Gasteiger partial charge in [0, 0.05) is 30.4 Å². The third-order valence-corrected chi connectivity index (χ3v) is 6.87. The van der Waals surface area contributed by atoms with E-state index in [0.717, 1.165) is 48.1 Å². The summed E-state index contributed by atoms with van der Waals surface area (Å²) in [4.78, 5) is 28.4. The number of nitrogens with zero attached hydrogens (tertiary/aromatic N) is 4. The Morgan fingerprint density at radius 2 is 2.00 bits per heavy atom. The molecule has 7 nitrogen and oxygen atoms in total. The third kappa shape index (κ3) is 3.25. The average Bonchev–Trinajstić information content (AvgIpc) is 3.30. The molecule has 1 aliphatic carbocycles. The number of fused-ring (bicyclic) bond motifs is 1. The standard InChI is InChI=1S/C22H25ClN4O3/c1-13-18(11-24-27(13)16-4-5-16)21(28)25-8-6-14-9-15(23)10-17(19(14)12-25)20-3-2-7-26(20)22(29)30/h9-11,16,20H,2-8,12H2,1H3,(H,29,30). The summed E-state index contributed by atoms with van der Waals surface area (Å²) < 4.78 is 1.97. The van der Waals surface area contributed by atoms with Crippen LogP contribution in [0, 0.1) is 6.92 Å². The number of hydrogen-bond donors (Lipinski definition) is 1. The Morgan fingerprint density at radius 1 is 1.20 bits per heavy atom. The van der Waals surface area contributed by atoms with Crippen molar-refractivity contribution in [2.75, 3.05) is 13.1 Å². The van der Waals surface area contributed by atoms with Gasteiger partial charge in [0.05, 0.1) is 23.8 Å². The molecule has 1 N–H and O–H groups in total. The van der Waals surface area contributed by atoms with Gasteiger partial charge < -0.3 is 14.9 Å². The van der Waals surface area contributed by atoms with Crippen LogP contribution >= 0.6 is 11.6 Å². The Morgan fingerprint density at radius 3 is 2.73 bits per heavy atom. The van der Waals surface area contributed by atoms with E-state index < -0.39 is 6.09 Å². The summed E-state index contributed by atoms with van der Waals surface area (Å²) in [6.07, 6.45) is 5.36. The second kappa shape index (κ2) is 7.30. The molecule has 1 saturated heterocycles. The first-order valence-electron chi connectivity index (χ1n) is 10.6. The van der Waals surface area contributed by atoms with Gasteiger partial charge >= 0.3 is 6.09 Å². The molecular weight excluding hydrogens is 404 g/mol. The first-order valence-corrected chi connectivity index (χ1v) is 11.0. The van der Waals surface area contributed by atoms with Crippen molar-refractivity contribution >= 4 is 23.6 Å². The fraction of sp³-hybridized carbons (Fsp3) is 0.500. The predicted octanol–water partition coefficient (Wildman–Crippen LogP) is 4.19. The molecule has 1 atom stereocenters. The molecule has 0 radical (unpaired) electrons. The molecule has 1 aromatic carbocycles. The number of carbonyl (C=O) groups is 2. The van der Waals surface area contributed by atoms with Gasteiger partial charge in [-0.05, 0) is 67.9 Å². The molecule has 1 saturated carbocycles. The maximum Gasteiger partial charge on any atom is 0.407 e. The molecule has 3 heterocycles. The number of hydrogen-bond acceptors (Lipinski definition) is 3. The molecule has 2 aliphatic heterocycles. The topological polar surface area (TPSA) is 78.7 Å². The largest absolute Gasteiger partial charge is 0.465 e. The summed E-state index contributed by atoms with van der Waals surface area (Å²) in [5, 5.41) is 14.7. The van der Waals surface area contributed by atoms with Crippen LogP contribution in [-0.2, 0) is 13.0 Å². The SMILES string of the molecule is Cc1c(C(=O)N2CCc3cc(Cl)cc(C4CCCN4C(=O)O)c3C2)cnn1C1CC1. The highest BCUT2D eigenvalue weighted by Crippen LogP contribution is 2.39. The Labute approximate surface area is 180 Å². The summed E-state index contributed by atoms with van der Waals surface area (Å²) in [6.45, 7) is 3.58. The van der Waals surface area contributed by atoms with Crippen molar-refractivity contribution in [3.8, 4) is 0 Å². The number of halogens is 1. The highest BCUT2D eigenvalue weighted by molar-refractivity contribution is 6.30. The summed E-state index contributed by atoms with van der Waals surface area (Å²) in [5.74, 6) is -0.00698. The van der Waals surface area contributed by atoms with E-state index in [1.807, 2.05) is 28.6 Å². The van der Waals surface area contributed by atoms with E-state index in [1.54, 1.807) is 6.20 Å². The third-order valence-electron chi connectivity index (χ3n) is 6.65. The molecule has 8 heteroatoms. The van der Waals surface area contributed by atoms with E-state index in [0.29, 0.717) is 42.7 Å². The van der Waals surface area contributed by atoms with Crippen LogP contribution in [0.3, 0.4) is 0 Å². The first-order chi connectivity index (χ1) is 14.4. The molecule has 1 unspecified atom stereocenters. The Kier molecular flexibility index (Phi) is 4.73. The van der Waals surface area contributed by atoms with Crippen molar-refractivity contribution in [1.29, 1.82) is 0 Å². The van der Waals surface area contributed by atoms with Gasteiger partial charge in [-0.3, -0.25) is 9.48 Å². The maximum absolute atomic E-state index is 13.3. The summed E-state index contributed by atoms with van der Waals surface area (Å²) in [5.41, 5.74) is 4.69. The highest BCUT2D eigenvalue weighted by atomic mass is 35.5. The van der Waals surface area contributed by atoms with Crippen LogP contribution in [0.2, 0.25) is 5.02 Å². The van der Waals surface area contributed by atoms with Gasteiger partial charge in [-0.1, -0.05) is 11.6 Å². The molecule has 1 aromatic heterocycles. The van der Waals surface area contributed by atoms with Gasteiger partial charge in [-0.2, -0.15) is 5.10 Å². The van der Waals surface area contributed by atoms with Crippen LogP contribution < -0.4 is 0 Å². The molecule has 0 bridgehead atoms. The van der Waals surface area contributed by atoms with Gasteiger partial charge in [0.2, 0.25) is 0 Å². The van der Waals surface area contributed by atoms with Gasteiger partial charge in [0.15, 0.2) is 0 Å². The Balaban J connectivity index is 1.46. The zero-order chi connectivity index (χ0) is 21.0. The lowest BCUT2D eigenvalue weighted by atomic mass is 9.90. The highest BCUT2D eigenvalue weighted by Gasteiger charge is 2.35. The number of amides is 2. The van der Waals surface area contributed by atoms with Crippen molar-refractivity contribution in [3.05, 3.63) is 51.3 Å². The van der Waals surface area contributed by atoms with Crippen molar-refractivity contribution in [1.82, 2.24) is 19.6 Å². The van der Waals surface area contributed by atoms with E-state index in [9.17, 15) is 14.7 Å².